The van der Waals surface area contributed by atoms with Crippen molar-refractivity contribution in [2.45, 2.75) is 6.54 Å². The number of rotatable bonds is 4. The van der Waals surface area contributed by atoms with Crippen molar-refractivity contribution in [2.24, 2.45) is 0 Å². The highest BCUT2D eigenvalue weighted by Crippen LogP contribution is 2.25. The fourth-order valence-electron chi connectivity index (χ4n) is 2.68. The minimum Gasteiger partial charge on any atom is -0.363 e. The first kappa shape index (κ1) is 15.6. The molecule has 0 saturated carbocycles. The average Bonchev–Trinajstić information content (AvgIpc) is 3.38. The summed E-state index contributed by atoms with van der Waals surface area (Å²) in [7, 11) is 0. The predicted octanol–water partition coefficient (Wildman–Crippen LogP) is 1.47. The van der Waals surface area contributed by atoms with Crippen LogP contribution in [0.3, 0.4) is 0 Å². The third-order valence-corrected chi connectivity index (χ3v) is 3.87. The zero-order valence-electron chi connectivity index (χ0n) is 13.4. The van der Waals surface area contributed by atoms with Gasteiger partial charge < -0.3 is 9.82 Å². The Balaban J connectivity index is 1.68. The number of aromatic amines is 1. The number of benzene rings is 1. The van der Waals surface area contributed by atoms with Crippen molar-refractivity contribution in [3.8, 4) is 0 Å². The summed E-state index contributed by atoms with van der Waals surface area (Å²) in [5, 5.41) is 1.75. The van der Waals surface area contributed by atoms with E-state index in [0.717, 1.165) is 14.7 Å². The minimum absolute atomic E-state index is 0.0496. The third kappa shape index (κ3) is 2.61. The number of carbonyl (C=O) groups excluding carboxylic acids is 3. The maximum Gasteiger partial charge on any atom is 0.454 e. The van der Waals surface area contributed by atoms with Crippen LogP contribution >= 0.6 is 0 Å². The summed E-state index contributed by atoms with van der Waals surface area (Å²) in [6.45, 7) is -0.0496. The van der Waals surface area contributed by atoms with Crippen LogP contribution in [-0.2, 0) is 6.54 Å². The number of nitrogens with zero attached hydrogens (tertiary/aromatic N) is 4. The molecule has 0 bridgehead atoms. The van der Waals surface area contributed by atoms with Crippen molar-refractivity contribution in [1.82, 2.24) is 24.7 Å². The first-order chi connectivity index (χ1) is 12.6. The van der Waals surface area contributed by atoms with E-state index >= 15 is 0 Å². The summed E-state index contributed by atoms with van der Waals surface area (Å²) in [4.78, 5) is 50.0. The van der Waals surface area contributed by atoms with Crippen LogP contribution in [0.15, 0.2) is 61.3 Å². The molecule has 3 heterocycles. The van der Waals surface area contributed by atoms with Gasteiger partial charge in [0.1, 0.15) is 6.33 Å². The Morgan fingerprint density at radius 3 is 2.42 bits per heavy atom. The first-order valence-electron chi connectivity index (χ1n) is 7.73. The van der Waals surface area contributed by atoms with Crippen LogP contribution in [0.2, 0.25) is 0 Å². The molecule has 1 aromatic carbocycles. The Labute approximate surface area is 147 Å². The molecule has 4 rings (SSSR count). The van der Waals surface area contributed by atoms with Gasteiger partial charge >= 0.3 is 6.09 Å². The molecule has 0 fully saturated rings. The number of nitrogens with one attached hydrogen (secondary N) is 1. The summed E-state index contributed by atoms with van der Waals surface area (Å²) in [5.41, 5.74) is 1.11. The summed E-state index contributed by atoms with van der Waals surface area (Å²) < 4.78 is 1.09. The summed E-state index contributed by atoms with van der Waals surface area (Å²) in [5.74, 6) is -1.17. The van der Waals surface area contributed by atoms with E-state index in [1.54, 1.807) is 42.6 Å². The monoisotopic (exact) mass is 351 g/mol. The van der Waals surface area contributed by atoms with Gasteiger partial charge in [0, 0.05) is 18.1 Å². The first-order valence-corrected chi connectivity index (χ1v) is 7.73. The second-order valence-electron chi connectivity index (χ2n) is 5.50. The number of hydrogen-bond acceptors (Lipinski definition) is 5. The summed E-state index contributed by atoms with van der Waals surface area (Å²) >= 11 is 0. The smallest absolute Gasteiger partial charge is 0.363 e. The maximum atomic E-state index is 12.7. The van der Waals surface area contributed by atoms with Gasteiger partial charge in [0.05, 0.1) is 23.9 Å². The van der Waals surface area contributed by atoms with E-state index in [1.807, 2.05) is 0 Å². The molecule has 0 atom stereocenters. The fraction of sp³-hybridized carbons (Fsp3) is 0.0588. The van der Waals surface area contributed by atoms with E-state index < -0.39 is 17.9 Å². The molecule has 3 amide bonds. The molecule has 9 heteroatoms. The van der Waals surface area contributed by atoms with Crippen molar-refractivity contribution in [1.29, 1.82) is 0 Å². The lowest BCUT2D eigenvalue weighted by Gasteiger charge is -2.28. The Morgan fingerprint density at radius 1 is 1.12 bits per heavy atom. The maximum absolute atomic E-state index is 12.7. The van der Waals surface area contributed by atoms with Gasteiger partial charge in [-0.3, -0.25) is 9.59 Å². The lowest BCUT2D eigenvalue weighted by molar-refractivity contribution is -0.00832. The summed E-state index contributed by atoms with van der Waals surface area (Å²) in [6, 6.07) is 9.89. The Bertz CT molecular complexity index is 930. The largest absolute Gasteiger partial charge is 0.454 e. The lowest BCUT2D eigenvalue weighted by atomic mass is 10.1. The van der Waals surface area contributed by atoms with Crippen LogP contribution in [0.1, 0.15) is 26.4 Å². The Morgan fingerprint density at radius 2 is 1.85 bits per heavy atom. The Kier molecular flexibility index (Phi) is 3.73. The van der Waals surface area contributed by atoms with E-state index in [2.05, 4.69) is 9.97 Å². The molecule has 3 aromatic rings. The van der Waals surface area contributed by atoms with Gasteiger partial charge in [-0.25, -0.2) is 14.8 Å². The van der Waals surface area contributed by atoms with Crippen LogP contribution in [-0.4, -0.2) is 42.6 Å². The van der Waals surface area contributed by atoms with E-state index in [-0.39, 0.29) is 17.7 Å². The van der Waals surface area contributed by atoms with Crippen molar-refractivity contribution in [3.63, 3.8) is 0 Å². The molecule has 1 aliphatic rings. The number of imide groups is 1. The van der Waals surface area contributed by atoms with Crippen molar-refractivity contribution >= 4 is 17.9 Å². The lowest BCUT2D eigenvalue weighted by Crippen LogP contribution is -2.51. The molecule has 130 valence electrons. The fourth-order valence-corrected chi connectivity index (χ4v) is 2.68. The van der Waals surface area contributed by atoms with Gasteiger partial charge in [0.25, 0.3) is 11.8 Å². The molecule has 26 heavy (non-hydrogen) atoms. The normalized spacial score (nSPS) is 13.0. The molecule has 0 aliphatic carbocycles. The molecule has 1 aliphatic heterocycles. The number of imidazole rings is 1. The third-order valence-electron chi connectivity index (χ3n) is 3.87. The van der Waals surface area contributed by atoms with Crippen molar-refractivity contribution in [3.05, 3.63) is 78.1 Å². The number of hydrazine groups is 1. The number of aromatic nitrogens is 3. The minimum atomic E-state index is -0.896. The number of hydrogen-bond donors (Lipinski definition) is 1. The Hall–Kier alpha value is -3.88. The SMILES string of the molecule is O=C(On1ccnc1)N(Cc1ccc[nH]1)N1C(=O)c2ccccc2C1=O. The molecule has 1 N–H and O–H groups in total. The van der Waals surface area contributed by atoms with Gasteiger partial charge in [-0.15, -0.1) is 0 Å². The number of amides is 3. The average molecular weight is 351 g/mol. The number of carbonyl (C=O) groups is 3. The van der Waals surface area contributed by atoms with Gasteiger partial charge in [-0.2, -0.15) is 9.74 Å². The molecule has 2 aromatic heterocycles. The quantitative estimate of drug-likeness (QED) is 0.718. The highest BCUT2D eigenvalue weighted by Gasteiger charge is 2.42. The van der Waals surface area contributed by atoms with E-state index in [9.17, 15) is 14.4 Å². The number of H-pyrrole nitrogens is 1. The molecule has 0 unspecified atom stereocenters. The number of fused-ring (bicyclic) bond motifs is 1. The van der Waals surface area contributed by atoms with E-state index in [0.29, 0.717) is 5.69 Å². The van der Waals surface area contributed by atoms with Gasteiger partial charge in [-0.1, -0.05) is 12.1 Å². The second-order valence-corrected chi connectivity index (χ2v) is 5.50. The topological polar surface area (TPSA) is 101 Å². The van der Waals surface area contributed by atoms with E-state index in [4.69, 9.17) is 4.84 Å². The van der Waals surface area contributed by atoms with Crippen LogP contribution < -0.4 is 4.84 Å². The highest BCUT2D eigenvalue weighted by molar-refractivity contribution is 6.21. The molecule has 0 radical (unpaired) electrons. The molecule has 9 nitrogen and oxygen atoms in total. The van der Waals surface area contributed by atoms with Crippen LogP contribution in [0.4, 0.5) is 4.79 Å². The molecular formula is C17H13N5O4. The second kappa shape index (κ2) is 6.20. The van der Waals surface area contributed by atoms with Crippen LogP contribution in [0.25, 0.3) is 0 Å². The molecular weight excluding hydrogens is 338 g/mol. The predicted molar refractivity (Wildman–Crippen MR) is 87.5 cm³/mol. The van der Waals surface area contributed by atoms with Crippen molar-refractivity contribution < 1.29 is 19.2 Å². The van der Waals surface area contributed by atoms with E-state index in [1.165, 1.54) is 18.7 Å². The zero-order valence-corrected chi connectivity index (χ0v) is 13.4. The van der Waals surface area contributed by atoms with Crippen LogP contribution in [0.5, 0.6) is 0 Å². The summed E-state index contributed by atoms with van der Waals surface area (Å²) in [6.07, 6.45) is 4.93. The molecule has 0 saturated heterocycles. The van der Waals surface area contributed by atoms with Crippen LogP contribution in [0, 0.1) is 0 Å². The van der Waals surface area contributed by atoms with Gasteiger partial charge in [0.15, 0.2) is 0 Å². The van der Waals surface area contributed by atoms with Gasteiger partial charge in [-0.05, 0) is 24.3 Å². The standard InChI is InChI=1S/C17H13N5O4/c23-15-13-5-1-2-6-14(13)16(24)22(15)21(10-12-4-3-7-19-12)17(25)26-20-9-8-18-11-20/h1-9,11,19H,10H2. The van der Waals surface area contributed by atoms with Crippen molar-refractivity contribution in [2.75, 3.05) is 0 Å². The highest BCUT2D eigenvalue weighted by atomic mass is 16.7. The zero-order chi connectivity index (χ0) is 18.1. The van der Waals surface area contributed by atoms with Gasteiger partial charge in [0.2, 0.25) is 0 Å². The molecule has 0 spiro atoms.